The van der Waals surface area contributed by atoms with E-state index in [0.29, 0.717) is 17.2 Å². The predicted octanol–water partition coefficient (Wildman–Crippen LogP) is 2.64. The lowest BCUT2D eigenvalue weighted by atomic mass is 10.1. The summed E-state index contributed by atoms with van der Waals surface area (Å²) in [7, 11) is 4.65. The van der Waals surface area contributed by atoms with E-state index >= 15 is 0 Å². The fraction of sp³-hybridized carbons (Fsp3) is 0.438. The topological polar surface area (TPSA) is 56.8 Å². The second kappa shape index (κ2) is 7.02. The molecule has 0 saturated carbocycles. The van der Waals surface area contributed by atoms with Gasteiger partial charge in [-0.3, -0.25) is 4.79 Å². The van der Waals surface area contributed by atoms with Crippen molar-refractivity contribution in [1.29, 1.82) is 0 Å². The van der Waals surface area contributed by atoms with E-state index in [9.17, 15) is 4.79 Å². The molecule has 21 heavy (non-hydrogen) atoms. The molecular weight excluding hydrogens is 270 g/mol. The van der Waals surface area contributed by atoms with Gasteiger partial charge in [0.15, 0.2) is 11.5 Å². The van der Waals surface area contributed by atoms with E-state index in [0.717, 1.165) is 5.56 Å². The maximum Gasteiger partial charge on any atom is 0.244 e. The summed E-state index contributed by atoms with van der Waals surface area (Å²) in [4.78, 5) is 11.8. The zero-order chi connectivity index (χ0) is 16.0. The van der Waals surface area contributed by atoms with Gasteiger partial charge >= 0.3 is 0 Å². The zero-order valence-electron chi connectivity index (χ0n) is 13.4. The minimum absolute atomic E-state index is 0.167. The molecule has 1 rings (SSSR count). The van der Waals surface area contributed by atoms with Gasteiger partial charge in [-0.05, 0) is 39.0 Å². The van der Waals surface area contributed by atoms with Crippen LogP contribution in [0.25, 0.3) is 6.08 Å². The van der Waals surface area contributed by atoms with Crippen LogP contribution >= 0.6 is 0 Å². The fourth-order valence-corrected chi connectivity index (χ4v) is 1.83. The molecule has 0 bridgehead atoms. The van der Waals surface area contributed by atoms with E-state index in [1.54, 1.807) is 39.5 Å². The van der Waals surface area contributed by atoms with Crippen molar-refractivity contribution >= 4 is 12.0 Å². The van der Waals surface area contributed by atoms with Crippen LogP contribution in [-0.2, 0) is 4.79 Å². The van der Waals surface area contributed by atoms with Gasteiger partial charge in [0.25, 0.3) is 0 Å². The van der Waals surface area contributed by atoms with Crippen LogP contribution in [0, 0.1) is 0 Å². The molecule has 0 aliphatic rings. The zero-order valence-corrected chi connectivity index (χ0v) is 13.4. The maximum atomic E-state index is 11.8. The lowest BCUT2D eigenvalue weighted by Gasteiger charge is -2.19. The van der Waals surface area contributed by atoms with Crippen LogP contribution in [-0.4, -0.2) is 32.8 Å². The van der Waals surface area contributed by atoms with Crippen LogP contribution in [0.15, 0.2) is 18.2 Å². The first-order chi connectivity index (χ1) is 9.82. The number of nitrogens with one attached hydrogen (secondary N) is 1. The molecular formula is C16H23NO4. The van der Waals surface area contributed by atoms with Gasteiger partial charge in [0.1, 0.15) is 0 Å². The third-order valence-electron chi connectivity index (χ3n) is 2.65. The Bertz CT molecular complexity index is 530. The van der Waals surface area contributed by atoms with Gasteiger partial charge in [0, 0.05) is 17.2 Å². The molecule has 1 aromatic carbocycles. The van der Waals surface area contributed by atoms with Crippen LogP contribution in [0.5, 0.6) is 17.2 Å². The SMILES string of the molecule is COc1ccc(/C=C/C(=O)NC(C)(C)C)c(OC)c1OC. The maximum absolute atomic E-state index is 11.8. The smallest absolute Gasteiger partial charge is 0.244 e. The van der Waals surface area contributed by atoms with Crippen molar-refractivity contribution in [3.63, 3.8) is 0 Å². The highest BCUT2D eigenvalue weighted by molar-refractivity contribution is 5.92. The Morgan fingerprint density at radius 3 is 2.14 bits per heavy atom. The number of ether oxygens (including phenoxy) is 3. The Balaban J connectivity index is 3.06. The van der Waals surface area contributed by atoms with Crippen LogP contribution in [0.4, 0.5) is 0 Å². The Morgan fingerprint density at radius 1 is 1.05 bits per heavy atom. The first-order valence-electron chi connectivity index (χ1n) is 6.61. The van der Waals surface area contributed by atoms with E-state index in [2.05, 4.69) is 5.32 Å². The second-order valence-corrected chi connectivity index (χ2v) is 5.50. The highest BCUT2D eigenvalue weighted by Crippen LogP contribution is 2.40. The summed E-state index contributed by atoms with van der Waals surface area (Å²) in [6, 6.07) is 3.57. The number of methoxy groups -OCH3 is 3. The first kappa shape index (κ1) is 16.9. The van der Waals surface area contributed by atoms with E-state index in [1.807, 2.05) is 20.8 Å². The monoisotopic (exact) mass is 293 g/mol. The molecule has 0 aliphatic heterocycles. The number of rotatable bonds is 5. The molecule has 0 heterocycles. The summed E-state index contributed by atoms with van der Waals surface area (Å²) in [5, 5.41) is 2.86. The van der Waals surface area contributed by atoms with Gasteiger partial charge in [0.05, 0.1) is 21.3 Å². The van der Waals surface area contributed by atoms with Gasteiger partial charge in [-0.15, -0.1) is 0 Å². The van der Waals surface area contributed by atoms with Crippen LogP contribution in [0.2, 0.25) is 0 Å². The number of carbonyl (C=O) groups excluding carboxylic acids is 1. The Kier molecular flexibility index (Phi) is 5.64. The quantitative estimate of drug-likeness (QED) is 0.848. The third-order valence-corrected chi connectivity index (χ3v) is 2.65. The summed E-state index contributed by atoms with van der Waals surface area (Å²) in [5.41, 5.74) is 0.461. The summed E-state index contributed by atoms with van der Waals surface area (Å²) in [6.45, 7) is 5.78. The molecule has 0 spiro atoms. The largest absolute Gasteiger partial charge is 0.493 e. The van der Waals surface area contributed by atoms with Gasteiger partial charge in [0.2, 0.25) is 11.7 Å². The van der Waals surface area contributed by atoms with Gasteiger partial charge < -0.3 is 19.5 Å². The van der Waals surface area contributed by atoms with Crippen molar-refractivity contribution < 1.29 is 19.0 Å². The molecule has 0 unspecified atom stereocenters. The summed E-state index contributed by atoms with van der Waals surface area (Å²) < 4.78 is 15.9. The van der Waals surface area contributed by atoms with E-state index < -0.39 is 0 Å². The van der Waals surface area contributed by atoms with Crippen molar-refractivity contribution in [2.24, 2.45) is 0 Å². The highest BCUT2D eigenvalue weighted by Gasteiger charge is 2.15. The normalized spacial score (nSPS) is 11.3. The van der Waals surface area contributed by atoms with E-state index in [-0.39, 0.29) is 11.4 Å². The molecule has 0 aromatic heterocycles. The Hall–Kier alpha value is -2.17. The van der Waals surface area contributed by atoms with Crippen LogP contribution < -0.4 is 19.5 Å². The molecule has 0 aliphatic carbocycles. The molecule has 1 amide bonds. The first-order valence-corrected chi connectivity index (χ1v) is 6.61. The number of hydrogen-bond donors (Lipinski definition) is 1. The minimum Gasteiger partial charge on any atom is -0.493 e. The van der Waals surface area contributed by atoms with Crippen molar-refractivity contribution in [3.05, 3.63) is 23.8 Å². The third kappa shape index (κ3) is 4.70. The molecule has 0 saturated heterocycles. The van der Waals surface area contributed by atoms with Crippen molar-refractivity contribution in [3.8, 4) is 17.2 Å². The lowest BCUT2D eigenvalue weighted by molar-refractivity contribution is -0.117. The van der Waals surface area contributed by atoms with Gasteiger partial charge in [-0.25, -0.2) is 0 Å². The molecule has 1 N–H and O–H groups in total. The van der Waals surface area contributed by atoms with E-state index in [1.165, 1.54) is 6.08 Å². The Morgan fingerprint density at radius 2 is 1.67 bits per heavy atom. The van der Waals surface area contributed by atoms with Crippen molar-refractivity contribution in [2.75, 3.05) is 21.3 Å². The average Bonchev–Trinajstić information content (AvgIpc) is 2.41. The van der Waals surface area contributed by atoms with Crippen LogP contribution in [0.1, 0.15) is 26.3 Å². The van der Waals surface area contributed by atoms with Gasteiger partial charge in [-0.2, -0.15) is 0 Å². The number of hydrogen-bond acceptors (Lipinski definition) is 4. The van der Waals surface area contributed by atoms with Gasteiger partial charge in [-0.1, -0.05) is 0 Å². The predicted molar refractivity (Wildman–Crippen MR) is 83.0 cm³/mol. The van der Waals surface area contributed by atoms with Crippen molar-refractivity contribution in [1.82, 2.24) is 5.32 Å². The number of carbonyl (C=O) groups is 1. The molecule has 0 atom stereocenters. The molecule has 0 fully saturated rings. The second-order valence-electron chi connectivity index (χ2n) is 5.50. The van der Waals surface area contributed by atoms with E-state index in [4.69, 9.17) is 14.2 Å². The number of benzene rings is 1. The standard InChI is InChI=1S/C16H23NO4/c1-16(2,3)17-13(18)10-8-11-7-9-12(19-4)15(21-6)14(11)20-5/h7-10H,1-6H3,(H,17,18)/b10-8+. The summed E-state index contributed by atoms with van der Waals surface area (Å²) in [5.74, 6) is 1.43. The molecule has 5 nitrogen and oxygen atoms in total. The van der Waals surface area contributed by atoms with Crippen LogP contribution in [0.3, 0.4) is 0 Å². The molecule has 1 aromatic rings. The molecule has 116 valence electrons. The van der Waals surface area contributed by atoms with Crippen molar-refractivity contribution in [2.45, 2.75) is 26.3 Å². The average molecular weight is 293 g/mol. The minimum atomic E-state index is -0.275. The number of amides is 1. The molecule has 0 radical (unpaired) electrons. The summed E-state index contributed by atoms with van der Waals surface area (Å²) in [6.07, 6.45) is 3.15. The fourth-order valence-electron chi connectivity index (χ4n) is 1.83. The summed E-state index contributed by atoms with van der Waals surface area (Å²) >= 11 is 0. The Labute approximate surface area is 125 Å². The molecule has 5 heteroatoms. The lowest BCUT2D eigenvalue weighted by Crippen LogP contribution is -2.39. The highest BCUT2D eigenvalue weighted by atomic mass is 16.5.